The molecule has 0 saturated carbocycles. The molecule has 0 unspecified atom stereocenters. The normalized spacial score (nSPS) is 15.0. The van der Waals surface area contributed by atoms with Crippen molar-refractivity contribution < 1.29 is 18.3 Å². The Morgan fingerprint density at radius 2 is 1.92 bits per heavy atom. The van der Waals surface area contributed by atoms with Crippen LogP contribution in [0.5, 0.6) is 5.75 Å². The molecule has 7 heteroatoms. The quantitative estimate of drug-likeness (QED) is 0.862. The second kappa shape index (κ2) is 7.44. The van der Waals surface area contributed by atoms with Crippen LogP contribution < -0.4 is 10.2 Å². The lowest BCUT2D eigenvalue weighted by atomic mass is 10.1. The summed E-state index contributed by atoms with van der Waals surface area (Å²) in [5.74, 6) is 0.0530. The summed E-state index contributed by atoms with van der Waals surface area (Å²) in [6.45, 7) is -0.243. The van der Waals surface area contributed by atoms with E-state index in [1.807, 2.05) is 0 Å². The fraction of sp³-hybridized carbons (Fsp3) is 0.176. The predicted molar refractivity (Wildman–Crippen MR) is 88.3 cm³/mol. The second-order valence-electron chi connectivity index (χ2n) is 5.08. The number of nitrogens with zero attached hydrogens (tertiary/aromatic N) is 1. The first kappa shape index (κ1) is 16.4. The number of halogens is 2. The van der Waals surface area contributed by atoms with Crippen LogP contribution in [0.3, 0.4) is 0 Å². The number of hydrogen-bond donors (Lipinski definition) is 1. The Morgan fingerprint density at radius 1 is 1.17 bits per heavy atom. The second-order valence-corrected chi connectivity index (χ2v) is 6.21. The molecular weight excluding hydrogens is 334 g/mol. The maximum absolute atomic E-state index is 13.4. The summed E-state index contributed by atoms with van der Waals surface area (Å²) in [5.41, 5.74) is 3.75. The number of fused-ring (bicyclic) bond motifs is 1. The molecule has 0 fully saturated rings. The van der Waals surface area contributed by atoms with Crippen LogP contribution in [0.25, 0.3) is 0 Å². The van der Waals surface area contributed by atoms with E-state index in [1.54, 1.807) is 17.8 Å². The zero-order valence-corrected chi connectivity index (χ0v) is 13.4. The molecule has 0 radical (unpaired) electrons. The van der Waals surface area contributed by atoms with Gasteiger partial charge in [-0.3, -0.25) is 4.79 Å². The first-order valence-corrected chi connectivity index (χ1v) is 8.27. The molecule has 24 heavy (non-hydrogen) atoms. The fourth-order valence-corrected chi connectivity index (χ4v) is 3.22. The number of amides is 1. The third-order valence-electron chi connectivity index (χ3n) is 3.35. The summed E-state index contributed by atoms with van der Waals surface area (Å²) in [5, 5.41) is 4.09. The Morgan fingerprint density at radius 3 is 2.71 bits per heavy atom. The molecule has 1 amide bonds. The average Bonchev–Trinajstić information content (AvgIpc) is 2.59. The highest BCUT2D eigenvalue weighted by atomic mass is 32.2. The van der Waals surface area contributed by atoms with Crippen LogP contribution in [0.15, 0.2) is 52.5 Å². The summed E-state index contributed by atoms with van der Waals surface area (Å²) in [6, 6.07) is 9.91. The molecule has 0 atom stereocenters. The molecule has 2 aromatic rings. The SMILES string of the molecule is O=C(COc1ccc(F)cc1)N/N=C1\CCSc2ccc(F)cc21. The van der Waals surface area contributed by atoms with Gasteiger partial charge in [-0.2, -0.15) is 5.10 Å². The summed E-state index contributed by atoms with van der Waals surface area (Å²) < 4.78 is 31.4. The van der Waals surface area contributed by atoms with Crippen molar-refractivity contribution in [2.45, 2.75) is 11.3 Å². The van der Waals surface area contributed by atoms with Crippen molar-refractivity contribution >= 4 is 23.4 Å². The van der Waals surface area contributed by atoms with E-state index < -0.39 is 5.91 Å². The van der Waals surface area contributed by atoms with Crippen molar-refractivity contribution in [3.8, 4) is 5.75 Å². The first-order valence-electron chi connectivity index (χ1n) is 7.28. The minimum Gasteiger partial charge on any atom is -0.484 e. The van der Waals surface area contributed by atoms with Crippen LogP contribution in [0.1, 0.15) is 12.0 Å². The maximum atomic E-state index is 13.4. The van der Waals surface area contributed by atoms with Crippen molar-refractivity contribution in [3.05, 3.63) is 59.7 Å². The highest BCUT2D eigenvalue weighted by Crippen LogP contribution is 2.30. The van der Waals surface area contributed by atoms with E-state index in [0.717, 1.165) is 10.6 Å². The van der Waals surface area contributed by atoms with Gasteiger partial charge in [-0.15, -0.1) is 11.8 Å². The number of thioether (sulfide) groups is 1. The molecule has 0 saturated heterocycles. The fourth-order valence-electron chi connectivity index (χ4n) is 2.20. The van der Waals surface area contributed by atoms with Gasteiger partial charge in [0.1, 0.15) is 17.4 Å². The molecular formula is C17H14F2N2O2S. The van der Waals surface area contributed by atoms with Gasteiger partial charge in [-0.25, -0.2) is 14.2 Å². The van der Waals surface area contributed by atoms with E-state index in [9.17, 15) is 13.6 Å². The number of hydrazone groups is 1. The molecule has 0 aromatic heterocycles. The minimum absolute atomic E-state index is 0.243. The Hall–Kier alpha value is -2.41. The Balaban J connectivity index is 1.61. The largest absolute Gasteiger partial charge is 0.484 e. The Labute approximate surface area is 141 Å². The molecule has 2 aromatic carbocycles. The summed E-state index contributed by atoms with van der Waals surface area (Å²) in [6.07, 6.45) is 0.639. The molecule has 1 N–H and O–H groups in total. The number of hydrogen-bond acceptors (Lipinski definition) is 4. The van der Waals surface area contributed by atoms with Crippen LogP contribution in [0.4, 0.5) is 8.78 Å². The lowest BCUT2D eigenvalue weighted by Crippen LogP contribution is -2.26. The van der Waals surface area contributed by atoms with Gasteiger partial charge in [-0.1, -0.05) is 0 Å². The van der Waals surface area contributed by atoms with Crippen molar-refractivity contribution in [2.24, 2.45) is 5.10 Å². The molecule has 3 rings (SSSR count). The van der Waals surface area contributed by atoms with Crippen molar-refractivity contribution in [1.82, 2.24) is 5.43 Å². The van der Waals surface area contributed by atoms with Crippen LogP contribution in [-0.4, -0.2) is 24.0 Å². The van der Waals surface area contributed by atoms with Gasteiger partial charge in [-0.05, 0) is 42.5 Å². The molecule has 1 aliphatic heterocycles. The van der Waals surface area contributed by atoms with E-state index in [-0.39, 0.29) is 18.2 Å². The Kier molecular flexibility index (Phi) is 5.10. The highest BCUT2D eigenvalue weighted by Gasteiger charge is 2.17. The molecule has 1 aliphatic rings. The van der Waals surface area contributed by atoms with Gasteiger partial charge in [0.2, 0.25) is 0 Å². The number of nitrogens with one attached hydrogen (secondary N) is 1. The number of carbonyl (C=O) groups excluding carboxylic acids is 1. The van der Waals surface area contributed by atoms with Gasteiger partial charge in [0, 0.05) is 22.6 Å². The summed E-state index contributed by atoms with van der Waals surface area (Å²) in [7, 11) is 0. The smallest absolute Gasteiger partial charge is 0.277 e. The molecule has 4 nitrogen and oxygen atoms in total. The van der Waals surface area contributed by atoms with Gasteiger partial charge < -0.3 is 4.74 Å². The average molecular weight is 348 g/mol. The zero-order valence-electron chi connectivity index (χ0n) is 12.6. The third-order valence-corrected chi connectivity index (χ3v) is 4.42. The Bertz CT molecular complexity index is 779. The summed E-state index contributed by atoms with van der Waals surface area (Å²) in [4.78, 5) is 12.8. The molecule has 0 aliphatic carbocycles. The van der Waals surface area contributed by atoms with E-state index in [4.69, 9.17) is 4.74 Å². The van der Waals surface area contributed by atoms with Crippen LogP contribution in [0, 0.1) is 11.6 Å². The van der Waals surface area contributed by atoms with E-state index in [1.165, 1.54) is 36.4 Å². The number of ether oxygens (including phenoxy) is 1. The van der Waals surface area contributed by atoms with Gasteiger partial charge >= 0.3 is 0 Å². The van der Waals surface area contributed by atoms with E-state index in [0.29, 0.717) is 23.4 Å². The van der Waals surface area contributed by atoms with Crippen molar-refractivity contribution in [2.75, 3.05) is 12.4 Å². The standard InChI is InChI=1S/C17H14F2N2O2S/c18-11-1-4-13(5-2-11)23-10-17(22)21-20-15-7-8-24-16-6-3-12(19)9-14(15)16/h1-6,9H,7-8,10H2,(H,21,22)/b20-15+. The third kappa shape index (κ3) is 4.11. The number of rotatable bonds is 4. The zero-order chi connectivity index (χ0) is 16.9. The topological polar surface area (TPSA) is 50.7 Å². The summed E-state index contributed by atoms with van der Waals surface area (Å²) >= 11 is 1.63. The minimum atomic E-state index is -0.442. The van der Waals surface area contributed by atoms with Gasteiger partial charge in [0.15, 0.2) is 6.61 Å². The molecule has 0 bridgehead atoms. The van der Waals surface area contributed by atoms with Gasteiger partial charge in [0.25, 0.3) is 5.91 Å². The van der Waals surface area contributed by atoms with Crippen molar-refractivity contribution in [1.29, 1.82) is 0 Å². The lowest BCUT2D eigenvalue weighted by molar-refractivity contribution is -0.123. The van der Waals surface area contributed by atoms with E-state index >= 15 is 0 Å². The van der Waals surface area contributed by atoms with Crippen LogP contribution in [0.2, 0.25) is 0 Å². The number of carbonyl (C=O) groups is 1. The maximum Gasteiger partial charge on any atom is 0.277 e. The lowest BCUT2D eigenvalue weighted by Gasteiger charge is -2.17. The molecule has 0 spiro atoms. The predicted octanol–water partition coefficient (Wildman–Crippen LogP) is 3.36. The van der Waals surface area contributed by atoms with Crippen molar-refractivity contribution in [3.63, 3.8) is 0 Å². The monoisotopic (exact) mass is 348 g/mol. The highest BCUT2D eigenvalue weighted by molar-refractivity contribution is 7.99. The van der Waals surface area contributed by atoms with E-state index in [2.05, 4.69) is 10.5 Å². The molecule has 124 valence electrons. The first-order chi connectivity index (χ1) is 11.6. The van der Waals surface area contributed by atoms with Crippen LogP contribution >= 0.6 is 11.8 Å². The van der Waals surface area contributed by atoms with Gasteiger partial charge in [0.05, 0.1) is 5.71 Å². The molecule has 1 heterocycles. The van der Waals surface area contributed by atoms with Crippen LogP contribution in [-0.2, 0) is 4.79 Å². The number of benzene rings is 2.